The Morgan fingerprint density at radius 1 is 0.304 bits per heavy atom. The lowest BCUT2D eigenvalue weighted by atomic mass is 9.96. The van der Waals surface area contributed by atoms with E-state index in [0.717, 1.165) is 61.3 Å². The predicted octanol–water partition coefficient (Wildman–Crippen LogP) is 13.3. The SMILES string of the molecule is c1ccc(-c2nc(-c3cccc(-c4cccc(-c5ccc6c(c5)c5ccccc5n6-c5ccccc5)c4)c3)c3c(n2)c2ccccc2n3-c2ccccc2)cc1. The first-order valence-corrected chi connectivity index (χ1v) is 19.0. The van der Waals surface area contributed by atoms with Gasteiger partial charge in [-0.1, -0.05) is 146 Å². The van der Waals surface area contributed by atoms with Crippen molar-refractivity contribution in [2.75, 3.05) is 0 Å². The van der Waals surface area contributed by atoms with E-state index in [1.807, 2.05) is 18.2 Å². The highest BCUT2D eigenvalue weighted by molar-refractivity contribution is 6.12. The minimum atomic E-state index is 0.709. The first-order chi connectivity index (χ1) is 27.8. The molecular formula is C52H34N4. The van der Waals surface area contributed by atoms with Crippen LogP contribution in [0.3, 0.4) is 0 Å². The third kappa shape index (κ3) is 5.23. The van der Waals surface area contributed by atoms with Crippen molar-refractivity contribution in [3.63, 3.8) is 0 Å². The number of aromatic nitrogens is 4. The Labute approximate surface area is 324 Å². The minimum absolute atomic E-state index is 0.709. The highest BCUT2D eigenvalue weighted by Crippen LogP contribution is 2.40. The number of hydrogen-bond acceptors (Lipinski definition) is 2. The first-order valence-electron chi connectivity index (χ1n) is 19.0. The summed E-state index contributed by atoms with van der Waals surface area (Å²) in [6.07, 6.45) is 0. The van der Waals surface area contributed by atoms with Crippen molar-refractivity contribution in [3.8, 4) is 56.3 Å². The molecule has 0 unspecified atom stereocenters. The van der Waals surface area contributed by atoms with Crippen LogP contribution < -0.4 is 0 Å². The summed E-state index contributed by atoms with van der Waals surface area (Å²) in [6, 6.07) is 73.2. The molecule has 11 aromatic rings. The molecular weight excluding hydrogens is 681 g/mol. The Morgan fingerprint density at radius 3 is 1.46 bits per heavy atom. The van der Waals surface area contributed by atoms with Gasteiger partial charge >= 0.3 is 0 Å². The van der Waals surface area contributed by atoms with E-state index < -0.39 is 0 Å². The fourth-order valence-corrected chi connectivity index (χ4v) is 8.34. The topological polar surface area (TPSA) is 35.6 Å². The molecule has 0 bridgehead atoms. The van der Waals surface area contributed by atoms with Crippen LogP contribution >= 0.6 is 0 Å². The lowest BCUT2D eigenvalue weighted by Crippen LogP contribution is -1.99. The summed E-state index contributed by atoms with van der Waals surface area (Å²) >= 11 is 0. The van der Waals surface area contributed by atoms with E-state index in [1.54, 1.807) is 0 Å². The molecule has 3 heterocycles. The maximum atomic E-state index is 5.37. The molecule has 11 rings (SSSR count). The van der Waals surface area contributed by atoms with Crippen LogP contribution in [0.4, 0.5) is 0 Å². The molecule has 262 valence electrons. The van der Waals surface area contributed by atoms with Crippen LogP contribution in [-0.4, -0.2) is 19.1 Å². The molecule has 0 radical (unpaired) electrons. The van der Waals surface area contributed by atoms with E-state index in [-0.39, 0.29) is 0 Å². The molecule has 4 heteroatoms. The number of fused-ring (bicyclic) bond motifs is 6. The van der Waals surface area contributed by atoms with Crippen LogP contribution in [0.5, 0.6) is 0 Å². The summed E-state index contributed by atoms with van der Waals surface area (Å²) < 4.78 is 4.67. The van der Waals surface area contributed by atoms with Gasteiger partial charge in [0.2, 0.25) is 0 Å². The fourth-order valence-electron chi connectivity index (χ4n) is 8.34. The second-order valence-corrected chi connectivity index (χ2v) is 14.2. The monoisotopic (exact) mass is 714 g/mol. The minimum Gasteiger partial charge on any atom is -0.309 e. The number of hydrogen-bond donors (Lipinski definition) is 0. The van der Waals surface area contributed by atoms with Gasteiger partial charge < -0.3 is 9.13 Å². The van der Waals surface area contributed by atoms with Gasteiger partial charge in [0.1, 0.15) is 5.52 Å². The molecule has 0 atom stereocenters. The van der Waals surface area contributed by atoms with Gasteiger partial charge in [-0.2, -0.15) is 0 Å². The second kappa shape index (κ2) is 13.1. The summed E-state index contributed by atoms with van der Waals surface area (Å²) in [6.45, 7) is 0. The number of para-hydroxylation sites is 4. The highest BCUT2D eigenvalue weighted by atomic mass is 15.0. The van der Waals surface area contributed by atoms with Gasteiger partial charge in [-0.25, -0.2) is 9.97 Å². The predicted molar refractivity (Wildman–Crippen MR) is 232 cm³/mol. The summed E-state index contributed by atoms with van der Waals surface area (Å²) in [5.41, 5.74) is 15.2. The average molecular weight is 715 g/mol. The molecule has 56 heavy (non-hydrogen) atoms. The molecule has 0 fully saturated rings. The third-order valence-corrected chi connectivity index (χ3v) is 10.9. The Hall–Kier alpha value is -7.56. The molecule has 0 saturated heterocycles. The van der Waals surface area contributed by atoms with Crippen molar-refractivity contribution in [1.82, 2.24) is 19.1 Å². The maximum Gasteiger partial charge on any atom is 0.160 e. The summed E-state index contributed by atoms with van der Waals surface area (Å²) in [5, 5.41) is 3.58. The van der Waals surface area contributed by atoms with Crippen molar-refractivity contribution >= 4 is 43.7 Å². The van der Waals surface area contributed by atoms with Crippen molar-refractivity contribution in [2.45, 2.75) is 0 Å². The van der Waals surface area contributed by atoms with Gasteiger partial charge in [0.15, 0.2) is 5.82 Å². The Balaban J connectivity index is 1.07. The molecule has 0 saturated carbocycles. The quantitative estimate of drug-likeness (QED) is 0.172. The van der Waals surface area contributed by atoms with E-state index >= 15 is 0 Å². The van der Waals surface area contributed by atoms with Gasteiger partial charge in [-0.05, 0) is 82.9 Å². The van der Waals surface area contributed by atoms with Gasteiger partial charge in [-0.15, -0.1) is 0 Å². The molecule has 3 aromatic heterocycles. The highest BCUT2D eigenvalue weighted by Gasteiger charge is 2.21. The largest absolute Gasteiger partial charge is 0.309 e. The molecule has 0 amide bonds. The van der Waals surface area contributed by atoms with Crippen LogP contribution in [0.1, 0.15) is 0 Å². The lowest BCUT2D eigenvalue weighted by Gasteiger charge is -2.13. The molecule has 0 aliphatic carbocycles. The van der Waals surface area contributed by atoms with Crippen LogP contribution in [0, 0.1) is 0 Å². The number of nitrogens with zero attached hydrogens (tertiary/aromatic N) is 4. The molecule has 4 nitrogen and oxygen atoms in total. The third-order valence-electron chi connectivity index (χ3n) is 10.9. The Bertz CT molecular complexity index is 3230. The molecule has 0 spiro atoms. The van der Waals surface area contributed by atoms with Gasteiger partial charge in [0.25, 0.3) is 0 Å². The van der Waals surface area contributed by atoms with Crippen LogP contribution in [0.25, 0.3) is 100 Å². The normalized spacial score (nSPS) is 11.6. The molecule has 0 N–H and O–H groups in total. The zero-order valence-corrected chi connectivity index (χ0v) is 30.4. The van der Waals surface area contributed by atoms with Crippen LogP contribution in [-0.2, 0) is 0 Å². The average Bonchev–Trinajstić information content (AvgIpc) is 3.80. The number of benzene rings is 8. The zero-order valence-electron chi connectivity index (χ0n) is 30.4. The first kappa shape index (κ1) is 31.9. The van der Waals surface area contributed by atoms with Crippen molar-refractivity contribution < 1.29 is 0 Å². The summed E-state index contributed by atoms with van der Waals surface area (Å²) in [7, 11) is 0. The van der Waals surface area contributed by atoms with Gasteiger partial charge in [0, 0.05) is 38.7 Å². The summed E-state index contributed by atoms with van der Waals surface area (Å²) in [4.78, 5) is 10.6. The molecule has 8 aromatic carbocycles. The smallest absolute Gasteiger partial charge is 0.160 e. The van der Waals surface area contributed by atoms with E-state index in [9.17, 15) is 0 Å². The Morgan fingerprint density at radius 2 is 0.786 bits per heavy atom. The molecule has 0 aliphatic heterocycles. The van der Waals surface area contributed by atoms with Crippen molar-refractivity contribution in [2.24, 2.45) is 0 Å². The van der Waals surface area contributed by atoms with E-state index in [2.05, 4.69) is 197 Å². The van der Waals surface area contributed by atoms with Crippen molar-refractivity contribution in [3.05, 3.63) is 206 Å². The number of rotatable bonds is 6. The maximum absolute atomic E-state index is 5.37. The van der Waals surface area contributed by atoms with E-state index in [4.69, 9.17) is 9.97 Å². The lowest BCUT2D eigenvalue weighted by molar-refractivity contribution is 1.15. The van der Waals surface area contributed by atoms with Gasteiger partial charge in [-0.3, -0.25) is 0 Å². The van der Waals surface area contributed by atoms with Gasteiger partial charge in [0.05, 0.1) is 27.8 Å². The van der Waals surface area contributed by atoms with E-state index in [1.165, 1.54) is 32.9 Å². The van der Waals surface area contributed by atoms with Crippen LogP contribution in [0.2, 0.25) is 0 Å². The fraction of sp³-hybridized carbons (Fsp3) is 0. The molecule has 0 aliphatic rings. The Kier molecular flexibility index (Phi) is 7.46. The van der Waals surface area contributed by atoms with E-state index in [0.29, 0.717) is 5.82 Å². The second-order valence-electron chi connectivity index (χ2n) is 14.2. The summed E-state index contributed by atoms with van der Waals surface area (Å²) in [5.74, 6) is 0.709. The van der Waals surface area contributed by atoms with Crippen LogP contribution in [0.15, 0.2) is 206 Å². The standard InChI is InChI=1S/C52H34N4/c1-4-16-35(17-5-1)52-53-49(51-50(54-52)44-27-11-13-29-47(44)56(51)42-24-8-3-9-25-42)40-21-15-20-38(33-40)36-18-14-19-37(32-36)39-30-31-48-45(34-39)43-26-10-12-28-46(43)55(48)41-22-6-2-7-23-41/h1-34H. The zero-order chi connectivity index (χ0) is 37.0. The van der Waals surface area contributed by atoms with Crippen molar-refractivity contribution in [1.29, 1.82) is 0 Å².